The van der Waals surface area contributed by atoms with E-state index >= 15 is 0 Å². The maximum absolute atomic E-state index is 14.3. The number of nitrogens with one attached hydrogen (secondary N) is 3. The molecule has 4 N–H and O–H groups in total. The van der Waals surface area contributed by atoms with Gasteiger partial charge in [-0.15, -0.1) is 0 Å². The van der Waals surface area contributed by atoms with E-state index in [1.54, 1.807) is 68.4 Å². The number of benzene rings is 2. The van der Waals surface area contributed by atoms with Crippen LogP contribution in [0.25, 0.3) is 0 Å². The van der Waals surface area contributed by atoms with E-state index in [0.29, 0.717) is 35.7 Å². The number of sulfonamides is 1. The molecule has 21 heteroatoms. The molecular weight excluding hydrogens is 866 g/mol. The second-order valence-corrected chi connectivity index (χ2v) is 18.2. The fourth-order valence-corrected chi connectivity index (χ4v) is 8.99. The molecule has 0 saturated carbocycles. The second kappa shape index (κ2) is 23.1. The van der Waals surface area contributed by atoms with Crippen LogP contribution >= 0.6 is 0 Å². The summed E-state index contributed by atoms with van der Waals surface area (Å²) >= 11 is 0. The molecule has 2 aromatic carbocycles. The van der Waals surface area contributed by atoms with Gasteiger partial charge >= 0.3 is 18.2 Å². The van der Waals surface area contributed by atoms with Crippen molar-refractivity contribution in [3.8, 4) is 0 Å². The molecule has 356 valence electrons. The van der Waals surface area contributed by atoms with Gasteiger partial charge in [-0.05, 0) is 54.5 Å². The first-order chi connectivity index (χ1) is 29.9. The summed E-state index contributed by atoms with van der Waals surface area (Å²) in [5.74, 6) is -6.45. The molecule has 1 aliphatic rings. The van der Waals surface area contributed by atoms with E-state index in [-0.39, 0.29) is 42.0 Å². The van der Waals surface area contributed by atoms with Crippen molar-refractivity contribution in [3.63, 3.8) is 0 Å². The van der Waals surface area contributed by atoms with Crippen LogP contribution in [-0.2, 0) is 49.9 Å². The molecule has 1 heterocycles. The summed E-state index contributed by atoms with van der Waals surface area (Å²) in [7, 11) is -0.0724. The normalized spacial score (nSPS) is 17.6. The third-order valence-electron chi connectivity index (χ3n) is 11.5. The number of hydrogen-bond acceptors (Lipinski definition) is 10. The van der Waals surface area contributed by atoms with Gasteiger partial charge in [0.15, 0.2) is 0 Å². The highest BCUT2D eigenvalue weighted by atomic mass is 32.2. The number of likely N-dealkylation sites (tertiary alicyclic amines) is 1. The summed E-state index contributed by atoms with van der Waals surface area (Å²) < 4.78 is 77.1. The molecule has 0 bridgehead atoms. The number of rotatable bonds is 21. The number of likely N-dealkylation sites (N-methyl/N-ethyl adjacent to an activating group) is 1. The van der Waals surface area contributed by atoms with Gasteiger partial charge in [0.25, 0.3) is 5.91 Å². The lowest BCUT2D eigenvalue weighted by atomic mass is 9.89. The molecule has 0 radical (unpaired) electrons. The number of amides is 6. The van der Waals surface area contributed by atoms with Crippen molar-refractivity contribution in [1.82, 2.24) is 20.4 Å². The fourth-order valence-electron chi connectivity index (χ4n) is 8.03. The Morgan fingerprint density at radius 2 is 1.53 bits per heavy atom. The number of carbonyl (C=O) groups is 6. The average Bonchev–Trinajstić information content (AvgIpc) is 3.71. The predicted octanol–water partition coefficient (Wildman–Crippen LogP) is 4.42. The van der Waals surface area contributed by atoms with Crippen LogP contribution in [0.2, 0.25) is 0 Å². The topological polar surface area (TPSA) is 221 Å². The number of nitrogens with zero attached hydrogens (tertiary/aromatic N) is 3. The summed E-state index contributed by atoms with van der Waals surface area (Å²) in [4.78, 5) is 82.5. The smallest absolute Gasteiger partial charge is 0.465 e. The molecule has 3 rings (SSSR count). The van der Waals surface area contributed by atoms with Crippen molar-refractivity contribution in [2.24, 2.45) is 17.8 Å². The van der Waals surface area contributed by atoms with Gasteiger partial charge in [0.05, 0.1) is 48.6 Å². The molecule has 6 amide bonds. The van der Waals surface area contributed by atoms with Crippen molar-refractivity contribution in [1.29, 1.82) is 0 Å². The highest BCUT2D eigenvalue weighted by Gasteiger charge is 2.44. The largest absolute Gasteiger partial charge is 0.471 e. The number of anilines is 2. The molecule has 0 spiro atoms. The second-order valence-electron chi connectivity index (χ2n) is 16.4. The molecule has 17 nitrogen and oxygen atoms in total. The zero-order chi connectivity index (χ0) is 48.3. The number of hydrogen-bond donors (Lipinski definition) is 4. The van der Waals surface area contributed by atoms with Gasteiger partial charge in [0, 0.05) is 39.9 Å². The molecule has 0 aromatic heterocycles. The van der Waals surface area contributed by atoms with Gasteiger partial charge in [-0.1, -0.05) is 71.4 Å². The van der Waals surface area contributed by atoms with Crippen molar-refractivity contribution >= 4 is 57.0 Å². The number of alkyl halides is 3. The van der Waals surface area contributed by atoms with Gasteiger partial charge < -0.3 is 40.3 Å². The highest BCUT2D eigenvalue weighted by molar-refractivity contribution is 7.92. The summed E-state index contributed by atoms with van der Waals surface area (Å²) in [6.07, 6.45) is -6.26. The molecule has 0 unspecified atom stereocenters. The van der Waals surface area contributed by atoms with Crippen LogP contribution in [0.5, 0.6) is 0 Å². The first-order valence-corrected chi connectivity index (χ1v) is 22.7. The zero-order valence-corrected chi connectivity index (χ0v) is 38.4. The summed E-state index contributed by atoms with van der Waals surface area (Å²) in [6.45, 7) is 9.12. The van der Waals surface area contributed by atoms with E-state index in [1.807, 2.05) is 13.8 Å². The van der Waals surface area contributed by atoms with Crippen LogP contribution in [0.1, 0.15) is 65.9 Å². The van der Waals surface area contributed by atoms with Crippen LogP contribution in [-0.4, -0.2) is 136 Å². The van der Waals surface area contributed by atoms with Crippen LogP contribution in [0.4, 0.5) is 29.3 Å². The zero-order valence-electron chi connectivity index (χ0n) is 37.5. The molecule has 1 fully saturated rings. The van der Waals surface area contributed by atoms with Crippen molar-refractivity contribution < 1.29 is 64.9 Å². The lowest BCUT2D eigenvalue weighted by Crippen LogP contribution is -2.58. The Balaban J connectivity index is 1.91. The van der Waals surface area contributed by atoms with E-state index in [9.17, 15) is 55.5 Å². The van der Waals surface area contributed by atoms with E-state index in [0.717, 1.165) is 30.5 Å². The Bertz CT molecular complexity index is 2040. The summed E-state index contributed by atoms with van der Waals surface area (Å²) in [5, 5.41) is 16.1. The Morgan fingerprint density at radius 1 is 0.922 bits per heavy atom. The summed E-state index contributed by atoms with van der Waals surface area (Å²) in [5.41, 5.74) is -0.0392. The third-order valence-corrected chi connectivity index (χ3v) is 12.6. The van der Waals surface area contributed by atoms with Gasteiger partial charge in [0.1, 0.15) is 12.1 Å². The minimum absolute atomic E-state index is 0.167. The van der Waals surface area contributed by atoms with Crippen molar-refractivity contribution in [3.05, 3.63) is 60.2 Å². The lowest BCUT2D eigenvalue weighted by molar-refractivity contribution is -0.167. The maximum atomic E-state index is 14.3. The first kappa shape index (κ1) is 53.1. The average molecular weight is 927 g/mol. The number of halogens is 3. The van der Waals surface area contributed by atoms with E-state index in [4.69, 9.17) is 9.47 Å². The molecule has 64 heavy (non-hydrogen) atoms. The first-order valence-electron chi connectivity index (χ1n) is 20.9. The number of carboxylic acid groups (broad SMARTS) is 1. The van der Waals surface area contributed by atoms with Gasteiger partial charge in [-0.3, -0.25) is 24.0 Å². The number of ether oxygens (including phenoxy) is 2. The third kappa shape index (κ3) is 13.9. The van der Waals surface area contributed by atoms with Gasteiger partial charge in [-0.25, -0.2) is 17.5 Å². The SMILES string of the molecule is CC[C@@H](C)[C@@H]([C@@H](CC(=O)N1CCC[C@H]1[C@H](OC)[C@@H](C)C(=O)N[C@@H](Cc1ccccc1)C(=O)N(c1ccc(NC(=O)C(F)(F)F)cc1)S(C)(=O)=O)OC)N(C)C(=O)[C@@H](NC(=O)O)C(C)C. The van der Waals surface area contributed by atoms with E-state index < -0.39 is 88.2 Å². The van der Waals surface area contributed by atoms with Crippen LogP contribution in [0.15, 0.2) is 54.6 Å². The molecule has 1 saturated heterocycles. The van der Waals surface area contributed by atoms with Crippen LogP contribution < -0.4 is 20.3 Å². The maximum Gasteiger partial charge on any atom is 0.471 e. The Morgan fingerprint density at radius 3 is 2.03 bits per heavy atom. The quantitative estimate of drug-likeness (QED) is 0.137. The van der Waals surface area contributed by atoms with E-state index in [1.165, 1.54) is 19.1 Å². The molecule has 2 aromatic rings. The van der Waals surface area contributed by atoms with Gasteiger partial charge in [-0.2, -0.15) is 13.2 Å². The summed E-state index contributed by atoms with van der Waals surface area (Å²) in [6, 6.07) is 8.68. The van der Waals surface area contributed by atoms with Crippen LogP contribution in [0.3, 0.4) is 0 Å². The fraction of sp³-hybridized carbons (Fsp3) is 0.581. The van der Waals surface area contributed by atoms with E-state index in [2.05, 4.69) is 10.6 Å². The highest BCUT2D eigenvalue weighted by Crippen LogP contribution is 2.30. The predicted molar refractivity (Wildman–Crippen MR) is 231 cm³/mol. The minimum atomic E-state index is -5.19. The standard InChI is InChI=1S/C43H61F3N6O11S/c1-10-26(4)36(50(6)40(56)35(25(2)3)49-42(58)59)33(62-7)24-34(53)51-22-14-17-32(51)37(63-8)27(5)38(54)48-31(23-28-15-12-11-13-16-28)39(55)52(64(9,60)61)30-20-18-29(19-21-30)47-41(57)43(44,45)46/h11-13,15-16,18-21,25-27,31-33,35-37,49H,10,14,17,22-24H2,1-9H3,(H,47,57)(H,48,54)(H,58,59)/t26-,27-,31+,32+,33-,35+,36+,37-/m1/s1. The minimum Gasteiger partial charge on any atom is -0.465 e. The lowest BCUT2D eigenvalue weighted by Gasteiger charge is -2.40. The molecule has 0 aliphatic carbocycles. The molecular formula is C43H61F3N6O11S. The number of carbonyl (C=O) groups excluding carboxylic acids is 5. The Labute approximate surface area is 372 Å². The van der Waals surface area contributed by atoms with Crippen molar-refractivity contribution in [2.75, 3.05) is 43.7 Å². The Hall–Kier alpha value is -5.28. The van der Waals surface area contributed by atoms with Crippen LogP contribution in [0, 0.1) is 17.8 Å². The molecule has 1 aliphatic heterocycles. The molecule has 8 atom stereocenters. The Kier molecular flexibility index (Phi) is 19.1. The number of methoxy groups -OCH3 is 2. The van der Waals surface area contributed by atoms with Gasteiger partial charge in [0.2, 0.25) is 27.7 Å². The van der Waals surface area contributed by atoms with Crippen molar-refractivity contribution in [2.45, 2.75) is 109 Å². The monoisotopic (exact) mass is 926 g/mol.